The van der Waals surface area contributed by atoms with Gasteiger partial charge in [-0.25, -0.2) is 8.42 Å². The lowest BCUT2D eigenvalue weighted by atomic mass is 9.88. The summed E-state index contributed by atoms with van der Waals surface area (Å²) in [6.07, 6.45) is 2.77. The molecule has 1 atom stereocenters. The lowest BCUT2D eigenvalue weighted by Crippen LogP contribution is -2.47. The van der Waals surface area contributed by atoms with Gasteiger partial charge in [0.05, 0.1) is 10.4 Å². The van der Waals surface area contributed by atoms with Gasteiger partial charge in [-0.05, 0) is 67.5 Å². The van der Waals surface area contributed by atoms with Crippen LogP contribution in [0.2, 0.25) is 5.02 Å². The van der Waals surface area contributed by atoms with Gasteiger partial charge in [0.15, 0.2) is 0 Å². The molecule has 5 rings (SSSR count). The lowest BCUT2D eigenvalue weighted by molar-refractivity contribution is 0.0763. The molecule has 7 heteroatoms. The van der Waals surface area contributed by atoms with Crippen LogP contribution < -0.4 is 0 Å². The van der Waals surface area contributed by atoms with Gasteiger partial charge in [-0.2, -0.15) is 4.31 Å². The van der Waals surface area contributed by atoms with Crippen molar-refractivity contribution in [3.8, 4) is 0 Å². The summed E-state index contributed by atoms with van der Waals surface area (Å²) in [5.41, 5.74) is 1.63. The minimum Gasteiger partial charge on any atom is -0.336 e. The van der Waals surface area contributed by atoms with Gasteiger partial charge in [-0.15, -0.1) is 0 Å². The topological polar surface area (TPSA) is 57.7 Å². The van der Waals surface area contributed by atoms with Crippen molar-refractivity contribution in [2.45, 2.75) is 36.6 Å². The number of likely N-dealkylation sites (tertiary alicyclic amines) is 1. The van der Waals surface area contributed by atoms with E-state index >= 15 is 0 Å². The molecule has 2 aliphatic heterocycles. The average Bonchev–Trinajstić information content (AvgIpc) is 3.40. The first-order valence-electron chi connectivity index (χ1n) is 10.0. The Labute approximate surface area is 176 Å². The van der Waals surface area contributed by atoms with Crippen LogP contribution >= 0.6 is 11.6 Å². The maximum Gasteiger partial charge on any atom is 0.253 e. The smallest absolute Gasteiger partial charge is 0.253 e. The van der Waals surface area contributed by atoms with Crippen molar-refractivity contribution in [3.05, 3.63) is 64.2 Å². The Morgan fingerprint density at radius 1 is 1.21 bits per heavy atom. The van der Waals surface area contributed by atoms with Gasteiger partial charge < -0.3 is 4.90 Å². The summed E-state index contributed by atoms with van der Waals surface area (Å²) in [5.74, 6) is 0.356. The zero-order valence-electron chi connectivity index (χ0n) is 16.3. The molecule has 0 N–H and O–H groups in total. The third-order valence-electron chi connectivity index (χ3n) is 6.49. The number of halogens is 1. The molecule has 1 saturated heterocycles. The van der Waals surface area contributed by atoms with Crippen molar-refractivity contribution >= 4 is 27.5 Å². The maximum absolute atomic E-state index is 13.3. The first kappa shape index (κ1) is 19.1. The number of sulfonamides is 1. The van der Waals surface area contributed by atoms with E-state index in [0.717, 1.165) is 24.0 Å². The number of carbonyl (C=O) groups is 1. The van der Waals surface area contributed by atoms with Gasteiger partial charge in [0, 0.05) is 30.2 Å². The molecule has 152 valence electrons. The summed E-state index contributed by atoms with van der Waals surface area (Å²) < 4.78 is 28.4. The predicted octanol–water partition coefficient (Wildman–Crippen LogP) is 3.80. The van der Waals surface area contributed by atoms with Crippen LogP contribution in [0.5, 0.6) is 0 Å². The van der Waals surface area contributed by atoms with E-state index in [1.54, 1.807) is 39.5 Å². The molecular formula is C22H23ClN2O3S. The van der Waals surface area contributed by atoms with Gasteiger partial charge in [0.1, 0.15) is 0 Å². The molecule has 2 aromatic carbocycles. The number of benzene rings is 2. The largest absolute Gasteiger partial charge is 0.336 e. The second-order valence-electron chi connectivity index (χ2n) is 8.45. The van der Waals surface area contributed by atoms with E-state index in [0.29, 0.717) is 47.5 Å². The zero-order valence-corrected chi connectivity index (χ0v) is 17.8. The maximum atomic E-state index is 13.3. The average molecular weight is 431 g/mol. The first-order valence-corrected chi connectivity index (χ1v) is 11.8. The number of aryl methyl sites for hydroxylation is 1. The minimum atomic E-state index is -3.54. The number of hydrogen-bond acceptors (Lipinski definition) is 3. The molecule has 1 saturated carbocycles. The van der Waals surface area contributed by atoms with Crippen LogP contribution in [-0.2, 0) is 15.6 Å². The molecule has 0 unspecified atom stereocenters. The van der Waals surface area contributed by atoms with Crippen molar-refractivity contribution in [2.24, 2.45) is 5.92 Å². The molecular weight excluding hydrogens is 408 g/mol. The summed E-state index contributed by atoms with van der Waals surface area (Å²) >= 11 is 6.11. The Balaban J connectivity index is 1.52. The van der Waals surface area contributed by atoms with Crippen LogP contribution in [0.15, 0.2) is 47.4 Å². The van der Waals surface area contributed by atoms with Gasteiger partial charge in [0.25, 0.3) is 5.91 Å². The van der Waals surface area contributed by atoms with Crippen molar-refractivity contribution in [3.63, 3.8) is 0 Å². The fourth-order valence-electron chi connectivity index (χ4n) is 4.72. The molecule has 2 fully saturated rings. The van der Waals surface area contributed by atoms with Crippen LogP contribution in [0.1, 0.15) is 40.7 Å². The lowest BCUT2D eigenvalue weighted by Gasteiger charge is -2.34. The van der Waals surface area contributed by atoms with Crippen molar-refractivity contribution in [1.29, 1.82) is 0 Å². The predicted molar refractivity (Wildman–Crippen MR) is 111 cm³/mol. The summed E-state index contributed by atoms with van der Waals surface area (Å²) in [6.45, 7) is 3.34. The Kier molecular flexibility index (Phi) is 4.32. The van der Waals surface area contributed by atoms with Gasteiger partial charge >= 0.3 is 0 Å². The Morgan fingerprint density at radius 2 is 1.97 bits per heavy atom. The fourth-order valence-corrected chi connectivity index (χ4v) is 6.97. The highest BCUT2D eigenvalue weighted by Crippen LogP contribution is 2.51. The highest BCUT2D eigenvalue weighted by atomic mass is 35.5. The SMILES string of the molecule is Cc1cc(C(=O)N2CC[C@@]3(C2)c2ccccc2S(=O)(=O)N3CC2CC2)ccc1Cl. The molecule has 0 aromatic heterocycles. The standard InChI is InChI=1S/C22H23ClN2O3S/c1-15-12-17(8-9-19(15)23)21(26)24-11-10-22(14-24)18-4-2-3-5-20(18)29(27,28)25(22)13-16-6-7-16/h2-5,8-9,12,16H,6-7,10-11,13-14H2,1H3/t22-/m1/s1. The number of fused-ring (bicyclic) bond motifs is 2. The van der Waals surface area contributed by atoms with Gasteiger partial charge in [0.2, 0.25) is 10.0 Å². The van der Waals surface area contributed by atoms with Gasteiger partial charge in [-0.3, -0.25) is 4.79 Å². The Hall–Kier alpha value is -1.89. The second kappa shape index (κ2) is 6.56. The highest BCUT2D eigenvalue weighted by Gasteiger charge is 2.58. The van der Waals surface area contributed by atoms with E-state index in [1.807, 2.05) is 19.1 Å². The number of amides is 1. The van der Waals surface area contributed by atoms with Gasteiger partial charge in [-0.1, -0.05) is 29.8 Å². The molecule has 2 heterocycles. The Bertz CT molecular complexity index is 1110. The third-order valence-corrected chi connectivity index (χ3v) is 8.91. The summed E-state index contributed by atoms with van der Waals surface area (Å²) in [4.78, 5) is 15.4. The summed E-state index contributed by atoms with van der Waals surface area (Å²) in [5, 5.41) is 0.630. The van der Waals surface area contributed by atoms with E-state index in [2.05, 4.69) is 0 Å². The normalized spacial score (nSPS) is 25.5. The van der Waals surface area contributed by atoms with Crippen LogP contribution in [0.25, 0.3) is 0 Å². The number of hydrogen-bond donors (Lipinski definition) is 0. The summed E-state index contributed by atoms with van der Waals surface area (Å²) in [6, 6.07) is 12.6. The molecule has 29 heavy (non-hydrogen) atoms. The van der Waals surface area contributed by atoms with Crippen LogP contribution in [0.4, 0.5) is 0 Å². The molecule has 3 aliphatic rings. The monoisotopic (exact) mass is 430 g/mol. The third kappa shape index (κ3) is 2.92. The molecule has 0 radical (unpaired) electrons. The molecule has 2 aromatic rings. The minimum absolute atomic E-state index is 0.0743. The van der Waals surface area contributed by atoms with Crippen LogP contribution in [0, 0.1) is 12.8 Å². The Morgan fingerprint density at radius 3 is 2.69 bits per heavy atom. The molecule has 1 aliphatic carbocycles. The second-order valence-corrected chi connectivity index (χ2v) is 10.7. The van der Waals surface area contributed by atoms with Crippen LogP contribution in [-0.4, -0.2) is 43.2 Å². The van der Waals surface area contributed by atoms with Crippen LogP contribution in [0.3, 0.4) is 0 Å². The molecule has 0 bridgehead atoms. The van der Waals surface area contributed by atoms with Crippen molar-refractivity contribution in [2.75, 3.05) is 19.6 Å². The van der Waals surface area contributed by atoms with Crippen molar-refractivity contribution in [1.82, 2.24) is 9.21 Å². The summed E-state index contributed by atoms with van der Waals surface area (Å²) in [7, 11) is -3.54. The molecule has 1 amide bonds. The van der Waals surface area contributed by atoms with E-state index in [-0.39, 0.29) is 5.91 Å². The number of nitrogens with zero attached hydrogens (tertiary/aromatic N) is 2. The zero-order chi connectivity index (χ0) is 20.4. The molecule has 1 spiro atoms. The molecule has 5 nitrogen and oxygen atoms in total. The van der Waals surface area contributed by atoms with E-state index in [9.17, 15) is 13.2 Å². The first-order chi connectivity index (χ1) is 13.8. The quantitative estimate of drug-likeness (QED) is 0.744. The number of carbonyl (C=O) groups excluding carboxylic acids is 1. The van der Waals surface area contributed by atoms with E-state index < -0.39 is 15.6 Å². The van der Waals surface area contributed by atoms with Crippen molar-refractivity contribution < 1.29 is 13.2 Å². The number of rotatable bonds is 3. The van der Waals surface area contributed by atoms with E-state index in [1.165, 1.54) is 0 Å². The van der Waals surface area contributed by atoms with E-state index in [4.69, 9.17) is 11.6 Å². The highest BCUT2D eigenvalue weighted by molar-refractivity contribution is 7.89. The fraction of sp³-hybridized carbons (Fsp3) is 0.409.